The highest BCUT2D eigenvalue weighted by Crippen LogP contribution is 2.44. The van der Waals surface area contributed by atoms with Crippen molar-refractivity contribution in [2.24, 2.45) is 0 Å². The van der Waals surface area contributed by atoms with Crippen molar-refractivity contribution in [3.05, 3.63) is 59.7 Å². The second-order valence-corrected chi connectivity index (χ2v) is 9.30. The van der Waals surface area contributed by atoms with Gasteiger partial charge in [0.1, 0.15) is 12.2 Å². The van der Waals surface area contributed by atoms with Crippen molar-refractivity contribution in [3.8, 4) is 11.1 Å². The lowest BCUT2D eigenvalue weighted by atomic mass is 9.98. The Morgan fingerprint density at radius 2 is 1.53 bits per heavy atom. The molecule has 0 radical (unpaired) electrons. The molecule has 3 rings (SSSR count). The number of rotatable bonds is 8. The number of carbonyl (C=O) groups is 2. The largest absolute Gasteiger partial charge is 0.449 e. The van der Waals surface area contributed by atoms with E-state index in [4.69, 9.17) is 9.47 Å². The van der Waals surface area contributed by atoms with E-state index in [1.807, 2.05) is 52.0 Å². The van der Waals surface area contributed by atoms with Gasteiger partial charge in [0.25, 0.3) is 0 Å². The van der Waals surface area contributed by atoms with Crippen molar-refractivity contribution < 1.29 is 19.1 Å². The molecule has 0 saturated heterocycles. The Morgan fingerprint density at radius 1 is 0.938 bits per heavy atom. The fraction of sp³-hybridized carbons (Fsp3) is 0.462. The van der Waals surface area contributed by atoms with Crippen LogP contribution in [0.2, 0.25) is 0 Å². The maximum absolute atomic E-state index is 12.2. The second kappa shape index (κ2) is 10.5. The van der Waals surface area contributed by atoms with E-state index in [1.54, 1.807) is 0 Å². The average Bonchev–Trinajstić information content (AvgIpc) is 3.04. The van der Waals surface area contributed by atoms with Crippen LogP contribution in [0.25, 0.3) is 11.1 Å². The number of ether oxygens (including phenoxy) is 2. The smallest absolute Gasteiger partial charge is 0.407 e. The fourth-order valence-corrected chi connectivity index (χ4v) is 4.00. The van der Waals surface area contributed by atoms with Gasteiger partial charge in [-0.25, -0.2) is 9.59 Å². The lowest BCUT2D eigenvalue weighted by molar-refractivity contribution is 0.0506. The Balaban J connectivity index is 1.36. The van der Waals surface area contributed by atoms with Crippen molar-refractivity contribution >= 4 is 12.2 Å². The molecule has 1 atom stereocenters. The predicted molar refractivity (Wildman–Crippen MR) is 126 cm³/mol. The standard InChI is InChI=1S/C26H34N2O4/c1-18(28-25(30)32-26(2,3)4)11-9-10-16-27-24(29)31-17-23-21-14-7-5-12-19(21)20-13-6-8-15-22(20)23/h5-8,12-15,18,23H,9-11,16-17H2,1-4H3,(H,27,29)(H,28,30). The summed E-state index contributed by atoms with van der Waals surface area (Å²) in [6.45, 7) is 8.32. The van der Waals surface area contributed by atoms with Crippen molar-refractivity contribution in [1.82, 2.24) is 10.6 Å². The molecule has 0 spiro atoms. The number of amides is 2. The third-order valence-electron chi connectivity index (χ3n) is 5.44. The summed E-state index contributed by atoms with van der Waals surface area (Å²) in [7, 11) is 0. The Kier molecular flexibility index (Phi) is 7.78. The molecule has 0 aromatic heterocycles. The molecule has 2 amide bonds. The molecule has 0 aliphatic heterocycles. The molecular formula is C26H34N2O4. The van der Waals surface area contributed by atoms with Crippen LogP contribution in [0.15, 0.2) is 48.5 Å². The van der Waals surface area contributed by atoms with Gasteiger partial charge in [-0.3, -0.25) is 0 Å². The third kappa shape index (κ3) is 6.49. The van der Waals surface area contributed by atoms with Crippen molar-refractivity contribution in [1.29, 1.82) is 0 Å². The lowest BCUT2D eigenvalue weighted by Crippen LogP contribution is -2.37. The van der Waals surface area contributed by atoms with E-state index in [-0.39, 0.29) is 12.0 Å². The van der Waals surface area contributed by atoms with Gasteiger partial charge in [-0.05, 0) is 69.2 Å². The number of fused-ring (bicyclic) bond motifs is 3. The maximum atomic E-state index is 12.2. The van der Waals surface area contributed by atoms with Crippen LogP contribution in [0, 0.1) is 0 Å². The van der Waals surface area contributed by atoms with Crippen LogP contribution in [0.5, 0.6) is 0 Å². The van der Waals surface area contributed by atoms with Crippen LogP contribution < -0.4 is 10.6 Å². The molecule has 32 heavy (non-hydrogen) atoms. The predicted octanol–water partition coefficient (Wildman–Crippen LogP) is 5.61. The van der Waals surface area contributed by atoms with Crippen molar-refractivity contribution in [3.63, 3.8) is 0 Å². The van der Waals surface area contributed by atoms with Gasteiger partial charge >= 0.3 is 12.2 Å². The van der Waals surface area contributed by atoms with Crippen LogP contribution in [0.3, 0.4) is 0 Å². The molecular weight excluding hydrogens is 404 g/mol. The second-order valence-electron chi connectivity index (χ2n) is 9.30. The average molecular weight is 439 g/mol. The summed E-state index contributed by atoms with van der Waals surface area (Å²) in [5.41, 5.74) is 4.33. The summed E-state index contributed by atoms with van der Waals surface area (Å²) in [4.78, 5) is 24.0. The zero-order valence-corrected chi connectivity index (χ0v) is 19.4. The summed E-state index contributed by atoms with van der Waals surface area (Å²) in [6.07, 6.45) is 1.70. The van der Waals surface area contributed by atoms with E-state index in [2.05, 4.69) is 34.9 Å². The van der Waals surface area contributed by atoms with Crippen molar-refractivity contribution in [2.45, 2.75) is 64.5 Å². The Morgan fingerprint density at radius 3 is 2.12 bits per heavy atom. The monoisotopic (exact) mass is 438 g/mol. The summed E-state index contributed by atoms with van der Waals surface area (Å²) >= 11 is 0. The van der Waals surface area contributed by atoms with E-state index in [0.29, 0.717) is 13.2 Å². The molecule has 172 valence electrons. The first-order valence-corrected chi connectivity index (χ1v) is 11.3. The molecule has 6 heteroatoms. The quantitative estimate of drug-likeness (QED) is 0.525. The normalized spacial score (nSPS) is 13.6. The van der Waals surface area contributed by atoms with E-state index >= 15 is 0 Å². The molecule has 2 N–H and O–H groups in total. The molecule has 1 unspecified atom stereocenters. The summed E-state index contributed by atoms with van der Waals surface area (Å²) in [5, 5.41) is 5.66. The molecule has 0 saturated carbocycles. The van der Waals surface area contributed by atoms with E-state index in [1.165, 1.54) is 22.3 Å². The third-order valence-corrected chi connectivity index (χ3v) is 5.44. The van der Waals surface area contributed by atoms with Gasteiger partial charge in [-0.15, -0.1) is 0 Å². The minimum absolute atomic E-state index is 0.0132. The number of unbranched alkanes of at least 4 members (excludes halogenated alkanes) is 1. The molecule has 6 nitrogen and oxygen atoms in total. The van der Waals surface area contributed by atoms with Gasteiger partial charge in [0.05, 0.1) is 0 Å². The van der Waals surface area contributed by atoms with Gasteiger partial charge in [0.2, 0.25) is 0 Å². The Labute approximate surface area is 190 Å². The highest BCUT2D eigenvalue weighted by atomic mass is 16.6. The molecule has 1 aliphatic rings. The van der Waals surface area contributed by atoms with Gasteiger partial charge in [-0.1, -0.05) is 48.5 Å². The van der Waals surface area contributed by atoms with Gasteiger partial charge in [-0.2, -0.15) is 0 Å². The maximum Gasteiger partial charge on any atom is 0.407 e. The van der Waals surface area contributed by atoms with Gasteiger partial charge in [0, 0.05) is 18.5 Å². The van der Waals surface area contributed by atoms with Crippen LogP contribution >= 0.6 is 0 Å². The number of nitrogens with one attached hydrogen (secondary N) is 2. The van der Waals surface area contributed by atoms with Crippen LogP contribution in [0.4, 0.5) is 9.59 Å². The zero-order valence-electron chi connectivity index (χ0n) is 19.4. The van der Waals surface area contributed by atoms with Crippen LogP contribution in [-0.4, -0.2) is 37.0 Å². The SMILES string of the molecule is CC(CCCCNC(=O)OCC1c2ccccc2-c2ccccc21)NC(=O)OC(C)(C)C. The van der Waals surface area contributed by atoms with E-state index in [9.17, 15) is 9.59 Å². The highest BCUT2D eigenvalue weighted by molar-refractivity contribution is 5.79. The molecule has 1 aliphatic carbocycles. The lowest BCUT2D eigenvalue weighted by Gasteiger charge is -2.22. The summed E-state index contributed by atoms with van der Waals surface area (Å²) in [6, 6.07) is 16.6. The molecule has 2 aromatic rings. The number of alkyl carbamates (subject to hydrolysis) is 2. The molecule has 0 bridgehead atoms. The van der Waals surface area contributed by atoms with Crippen LogP contribution in [0.1, 0.15) is 64.0 Å². The summed E-state index contributed by atoms with van der Waals surface area (Å²) in [5.74, 6) is 0.0629. The summed E-state index contributed by atoms with van der Waals surface area (Å²) < 4.78 is 10.8. The molecule has 0 heterocycles. The Bertz CT molecular complexity index is 890. The van der Waals surface area contributed by atoms with E-state index in [0.717, 1.165) is 19.3 Å². The number of hydrogen-bond donors (Lipinski definition) is 2. The minimum Gasteiger partial charge on any atom is -0.449 e. The van der Waals surface area contributed by atoms with Gasteiger partial charge < -0.3 is 20.1 Å². The van der Waals surface area contributed by atoms with Crippen LogP contribution in [-0.2, 0) is 9.47 Å². The number of benzene rings is 2. The molecule has 2 aromatic carbocycles. The number of carbonyl (C=O) groups excluding carboxylic acids is 2. The topological polar surface area (TPSA) is 76.7 Å². The fourth-order valence-electron chi connectivity index (χ4n) is 4.00. The number of hydrogen-bond acceptors (Lipinski definition) is 4. The first kappa shape index (κ1) is 23.6. The van der Waals surface area contributed by atoms with Gasteiger partial charge in [0.15, 0.2) is 0 Å². The first-order chi connectivity index (χ1) is 15.2. The zero-order chi connectivity index (χ0) is 23.1. The highest BCUT2D eigenvalue weighted by Gasteiger charge is 2.28. The molecule has 0 fully saturated rings. The Hall–Kier alpha value is -3.02. The first-order valence-electron chi connectivity index (χ1n) is 11.3. The van der Waals surface area contributed by atoms with Crippen molar-refractivity contribution in [2.75, 3.05) is 13.2 Å². The van der Waals surface area contributed by atoms with E-state index < -0.39 is 17.8 Å². The minimum atomic E-state index is -0.503.